The summed E-state index contributed by atoms with van der Waals surface area (Å²) >= 11 is 0. The molecule has 24 heavy (non-hydrogen) atoms. The smallest absolute Gasteiger partial charge is 0.260 e. The summed E-state index contributed by atoms with van der Waals surface area (Å²) in [6.45, 7) is 0.602. The van der Waals surface area contributed by atoms with E-state index in [1.54, 1.807) is 29.2 Å². The number of hydrogen-bond acceptors (Lipinski definition) is 5. The molecule has 0 unspecified atom stereocenters. The molecule has 0 fully saturated rings. The Kier molecular flexibility index (Phi) is 3.51. The van der Waals surface area contributed by atoms with Gasteiger partial charge in [-0.05, 0) is 17.7 Å². The Hall–Kier alpha value is -3.48. The molecule has 4 aromatic rings. The third-order valence-corrected chi connectivity index (χ3v) is 3.56. The van der Waals surface area contributed by atoms with Crippen LogP contribution in [0.2, 0.25) is 0 Å². The van der Waals surface area contributed by atoms with Gasteiger partial charge in [0.25, 0.3) is 11.6 Å². The molecule has 0 bridgehead atoms. The van der Waals surface area contributed by atoms with E-state index in [1.807, 2.05) is 30.3 Å². The van der Waals surface area contributed by atoms with Crippen molar-refractivity contribution in [2.24, 2.45) is 0 Å². The predicted molar refractivity (Wildman–Crippen MR) is 87.5 cm³/mol. The van der Waals surface area contributed by atoms with E-state index < -0.39 is 0 Å². The molecule has 0 aliphatic heterocycles. The zero-order chi connectivity index (χ0) is 16.4. The zero-order valence-electron chi connectivity index (χ0n) is 12.6. The molecular formula is C17H13N5O2. The van der Waals surface area contributed by atoms with Gasteiger partial charge in [0.1, 0.15) is 0 Å². The van der Waals surface area contributed by atoms with Crippen LogP contribution >= 0.6 is 0 Å². The summed E-state index contributed by atoms with van der Waals surface area (Å²) in [7, 11) is 0. The summed E-state index contributed by atoms with van der Waals surface area (Å²) in [6.07, 6.45) is 4.83. The van der Waals surface area contributed by atoms with Crippen LogP contribution in [0.1, 0.15) is 15.9 Å². The van der Waals surface area contributed by atoms with E-state index in [0.717, 1.165) is 5.56 Å². The first-order chi connectivity index (χ1) is 11.8. The van der Waals surface area contributed by atoms with Gasteiger partial charge in [0, 0.05) is 12.4 Å². The Morgan fingerprint density at radius 3 is 2.92 bits per heavy atom. The van der Waals surface area contributed by atoms with Crippen LogP contribution in [-0.2, 0) is 6.54 Å². The molecule has 7 heteroatoms. The molecule has 118 valence electrons. The van der Waals surface area contributed by atoms with Gasteiger partial charge >= 0.3 is 0 Å². The highest BCUT2D eigenvalue weighted by molar-refractivity contribution is 6.06. The first-order valence-corrected chi connectivity index (χ1v) is 7.38. The summed E-state index contributed by atoms with van der Waals surface area (Å²) < 4.78 is 6.79. The lowest BCUT2D eigenvalue weighted by molar-refractivity contribution is 0.102. The molecule has 3 heterocycles. The third kappa shape index (κ3) is 2.74. The van der Waals surface area contributed by atoms with Gasteiger partial charge in [-0.15, -0.1) is 0 Å². The lowest BCUT2D eigenvalue weighted by Crippen LogP contribution is -2.11. The number of benzene rings is 1. The first kappa shape index (κ1) is 14.1. The largest absolute Gasteiger partial charge is 0.334 e. The SMILES string of the molecule is O=C(Nc1noc2ncccc12)c1cnn(Cc2ccccc2)c1. The van der Waals surface area contributed by atoms with Crippen molar-refractivity contribution in [3.63, 3.8) is 0 Å². The summed E-state index contributed by atoms with van der Waals surface area (Å²) in [5, 5.41) is 11.4. The molecule has 0 aliphatic carbocycles. The van der Waals surface area contributed by atoms with Gasteiger partial charge in [-0.1, -0.05) is 35.5 Å². The normalized spacial score (nSPS) is 10.8. The molecule has 1 aromatic carbocycles. The minimum Gasteiger partial charge on any atom is -0.334 e. The second-order valence-electron chi connectivity index (χ2n) is 5.25. The van der Waals surface area contributed by atoms with Gasteiger partial charge in [0.2, 0.25) is 0 Å². The molecule has 1 N–H and O–H groups in total. The van der Waals surface area contributed by atoms with Gasteiger partial charge in [-0.3, -0.25) is 9.48 Å². The zero-order valence-corrected chi connectivity index (χ0v) is 12.6. The fourth-order valence-corrected chi connectivity index (χ4v) is 2.39. The Bertz CT molecular complexity index is 990. The molecule has 0 spiro atoms. The number of pyridine rings is 1. The second-order valence-corrected chi connectivity index (χ2v) is 5.25. The Balaban J connectivity index is 1.51. The number of nitrogens with zero attached hydrogens (tertiary/aromatic N) is 4. The van der Waals surface area contributed by atoms with Gasteiger partial charge in [0.15, 0.2) is 5.82 Å². The van der Waals surface area contributed by atoms with Crippen molar-refractivity contribution in [1.29, 1.82) is 0 Å². The fraction of sp³-hybridized carbons (Fsp3) is 0.0588. The lowest BCUT2D eigenvalue weighted by Gasteiger charge is -2.01. The van der Waals surface area contributed by atoms with Crippen molar-refractivity contribution in [2.75, 3.05) is 5.32 Å². The molecule has 1 amide bonds. The van der Waals surface area contributed by atoms with Crippen molar-refractivity contribution >= 4 is 22.8 Å². The third-order valence-electron chi connectivity index (χ3n) is 3.56. The highest BCUT2D eigenvalue weighted by Crippen LogP contribution is 2.20. The molecule has 0 saturated heterocycles. The summed E-state index contributed by atoms with van der Waals surface area (Å²) in [4.78, 5) is 16.4. The van der Waals surface area contributed by atoms with Gasteiger partial charge in [-0.25, -0.2) is 4.98 Å². The lowest BCUT2D eigenvalue weighted by atomic mass is 10.2. The average molecular weight is 319 g/mol. The van der Waals surface area contributed by atoms with Crippen LogP contribution in [-0.4, -0.2) is 25.8 Å². The summed E-state index contributed by atoms with van der Waals surface area (Å²) in [6, 6.07) is 13.5. The number of amides is 1. The van der Waals surface area contributed by atoms with Crippen LogP contribution in [0.5, 0.6) is 0 Å². The van der Waals surface area contributed by atoms with Crippen LogP contribution in [0.4, 0.5) is 5.82 Å². The molecule has 4 rings (SSSR count). The Labute approximate surface area is 136 Å². The number of rotatable bonds is 4. The van der Waals surface area contributed by atoms with Crippen molar-refractivity contribution < 1.29 is 9.32 Å². The minimum atomic E-state index is -0.298. The molecule has 0 radical (unpaired) electrons. The maximum atomic E-state index is 12.4. The van der Waals surface area contributed by atoms with Crippen LogP contribution < -0.4 is 5.32 Å². The minimum absolute atomic E-state index is 0.298. The topological polar surface area (TPSA) is 85.8 Å². The Morgan fingerprint density at radius 1 is 1.17 bits per heavy atom. The molecule has 7 nitrogen and oxygen atoms in total. The monoisotopic (exact) mass is 319 g/mol. The molecule has 0 atom stereocenters. The van der Waals surface area contributed by atoms with E-state index in [0.29, 0.717) is 29.0 Å². The molecular weight excluding hydrogens is 306 g/mol. The van der Waals surface area contributed by atoms with Crippen molar-refractivity contribution in [2.45, 2.75) is 6.54 Å². The standard InChI is InChI=1S/C17H13N5O2/c23-16(20-15-14-7-4-8-18-17(14)24-21-15)13-9-19-22(11-13)10-12-5-2-1-3-6-12/h1-9,11H,10H2,(H,20,21,23). The second kappa shape index (κ2) is 5.96. The average Bonchev–Trinajstić information content (AvgIpc) is 3.24. The fourth-order valence-electron chi connectivity index (χ4n) is 2.39. The van der Waals surface area contributed by atoms with E-state index in [-0.39, 0.29) is 5.91 Å². The van der Waals surface area contributed by atoms with E-state index in [4.69, 9.17) is 4.52 Å². The molecule has 0 aliphatic rings. The van der Waals surface area contributed by atoms with Crippen molar-refractivity contribution in [1.82, 2.24) is 19.9 Å². The number of carbonyl (C=O) groups excluding carboxylic acids is 1. The van der Waals surface area contributed by atoms with E-state index in [2.05, 4.69) is 20.6 Å². The highest BCUT2D eigenvalue weighted by atomic mass is 16.5. The number of fused-ring (bicyclic) bond motifs is 1. The van der Waals surface area contributed by atoms with Gasteiger partial charge in [0.05, 0.1) is 23.7 Å². The summed E-state index contributed by atoms with van der Waals surface area (Å²) in [5.74, 6) is 0.0484. The maximum Gasteiger partial charge on any atom is 0.260 e. The highest BCUT2D eigenvalue weighted by Gasteiger charge is 2.14. The first-order valence-electron chi connectivity index (χ1n) is 7.38. The molecule has 0 saturated carbocycles. The van der Waals surface area contributed by atoms with Crippen LogP contribution in [0.25, 0.3) is 11.1 Å². The predicted octanol–water partition coefficient (Wildman–Crippen LogP) is 2.72. The van der Waals surface area contributed by atoms with Crippen molar-refractivity contribution in [3.8, 4) is 0 Å². The number of aromatic nitrogens is 4. The molecule has 3 aromatic heterocycles. The van der Waals surface area contributed by atoms with Crippen LogP contribution in [0, 0.1) is 0 Å². The maximum absolute atomic E-state index is 12.4. The van der Waals surface area contributed by atoms with E-state index in [9.17, 15) is 4.79 Å². The number of carbonyl (C=O) groups is 1. The van der Waals surface area contributed by atoms with E-state index in [1.165, 1.54) is 6.20 Å². The van der Waals surface area contributed by atoms with Crippen molar-refractivity contribution in [3.05, 3.63) is 72.2 Å². The van der Waals surface area contributed by atoms with Crippen LogP contribution in [0.15, 0.2) is 65.6 Å². The van der Waals surface area contributed by atoms with Crippen LogP contribution in [0.3, 0.4) is 0 Å². The number of anilines is 1. The van der Waals surface area contributed by atoms with Gasteiger partial charge < -0.3 is 9.84 Å². The number of hydrogen-bond donors (Lipinski definition) is 1. The van der Waals surface area contributed by atoms with E-state index >= 15 is 0 Å². The quantitative estimate of drug-likeness (QED) is 0.625. The Morgan fingerprint density at radius 2 is 2.04 bits per heavy atom. The summed E-state index contributed by atoms with van der Waals surface area (Å²) in [5.41, 5.74) is 1.94. The van der Waals surface area contributed by atoms with Gasteiger partial charge in [-0.2, -0.15) is 5.10 Å². The number of nitrogens with one attached hydrogen (secondary N) is 1.